The van der Waals surface area contributed by atoms with Crippen LogP contribution in [0.2, 0.25) is 0 Å². The van der Waals surface area contributed by atoms with Crippen molar-refractivity contribution in [2.24, 2.45) is 0 Å². The maximum Gasteiger partial charge on any atom is 0.416 e. The van der Waals surface area contributed by atoms with Crippen LogP contribution < -0.4 is 15.4 Å². The molecule has 0 saturated carbocycles. The summed E-state index contributed by atoms with van der Waals surface area (Å²) >= 11 is 0. The zero-order chi connectivity index (χ0) is 27.7. The second-order valence-electron chi connectivity index (χ2n) is 8.05. The molecule has 14 heteroatoms. The molecule has 0 bridgehead atoms. The fourth-order valence-corrected chi connectivity index (χ4v) is 3.41. The Bertz CT molecular complexity index is 1430. The maximum absolute atomic E-state index is 13.0. The fraction of sp³-hybridized carbons (Fsp3) is 0.167. The summed E-state index contributed by atoms with van der Waals surface area (Å²) in [5.74, 6) is 1.03. The van der Waals surface area contributed by atoms with E-state index in [0.29, 0.717) is 23.7 Å². The lowest BCUT2D eigenvalue weighted by molar-refractivity contribution is -0.143. The van der Waals surface area contributed by atoms with Gasteiger partial charge in [0.1, 0.15) is 12.1 Å². The van der Waals surface area contributed by atoms with Gasteiger partial charge in [-0.15, -0.1) is 0 Å². The van der Waals surface area contributed by atoms with Crippen LogP contribution >= 0.6 is 0 Å². The van der Waals surface area contributed by atoms with Gasteiger partial charge in [0.25, 0.3) is 0 Å². The number of hydrogen-bond acceptors (Lipinski definition) is 5. The number of rotatable bonds is 5. The molecule has 0 unspecified atom stereocenters. The number of benzene rings is 2. The standard InChI is InChI=1S/C24H18F6N6O2/c1-13-7-14(2)36(35-13)20-11-21(32-12-31-20)38-19-5-3-17(4-6-19)33-22(37)34-18-9-15(23(25,26)27)8-16(10-18)24(28,29)30/h3-12H,1-2H3,(H2,33,34,37). The Hall–Kier alpha value is -4.62. The molecule has 8 nitrogen and oxygen atoms in total. The molecule has 198 valence electrons. The Balaban J connectivity index is 1.43. The van der Waals surface area contributed by atoms with Crippen LogP contribution in [-0.2, 0) is 12.4 Å². The number of alkyl halides is 6. The molecule has 0 spiro atoms. The minimum atomic E-state index is -5.04. The first kappa shape index (κ1) is 26.4. The molecule has 0 aliphatic carbocycles. The first-order chi connectivity index (χ1) is 17.8. The predicted octanol–water partition coefficient (Wildman–Crippen LogP) is 6.75. The van der Waals surface area contributed by atoms with Gasteiger partial charge in [-0.25, -0.2) is 19.4 Å². The van der Waals surface area contributed by atoms with Gasteiger partial charge in [0.2, 0.25) is 5.88 Å². The van der Waals surface area contributed by atoms with Crippen molar-refractivity contribution in [1.29, 1.82) is 0 Å². The molecule has 0 fully saturated rings. The van der Waals surface area contributed by atoms with Crippen LogP contribution in [0.4, 0.5) is 42.5 Å². The number of aromatic nitrogens is 4. The van der Waals surface area contributed by atoms with Crippen LogP contribution in [0.3, 0.4) is 0 Å². The fourth-order valence-electron chi connectivity index (χ4n) is 3.41. The molecule has 0 saturated heterocycles. The summed E-state index contributed by atoms with van der Waals surface area (Å²) in [6.07, 6.45) is -8.77. The Labute approximate surface area is 211 Å². The summed E-state index contributed by atoms with van der Waals surface area (Å²) in [7, 11) is 0. The zero-order valence-corrected chi connectivity index (χ0v) is 19.6. The average molecular weight is 536 g/mol. The maximum atomic E-state index is 13.0. The second kappa shape index (κ2) is 10.0. The summed E-state index contributed by atoms with van der Waals surface area (Å²) in [6, 6.07) is 9.00. The van der Waals surface area contributed by atoms with Crippen molar-refractivity contribution in [3.63, 3.8) is 0 Å². The number of aryl methyl sites for hydroxylation is 2. The van der Waals surface area contributed by atoms with E-state index in [2.05, 4.69) is 20.4 Å². The predicted molar refractivity (Wildman–Crippen MR) is 124 cm³/mol. The molecule has 2 heterocycles. The Kier molecular flexibility index (Phi) is 6.98. The van der Waals surface area contributed by atoms with Crippen LogP contribution in [0.5, 0.6) is 11.6 Å². The number of urea groups is 1. The number of carbonyl (C=O) groups is 1. The molecule has 2 N–H and O–H groups in total. The quantitative estimate of drug-likeness (QED) is 0.275. The van der Waals surface area contributed by atoms with E-state index >= 15 is 0 Å². The van der Waals surface area contributed by atoms with Crippen molar-refractivity contribution in [3.8, 4) is 17.4 Å². The molecule has 2 aromatic heterocycles. The number of anilines is 2. The number of amides is 2. The SMILES string of the molecule is Cc1cc(C)n(-c2cc(Oc3ccc(NC(=O)Nc4cc(C(F)(F)F)cc(C(F)(F)F)c4)cc3)ncn2)n1. The number of hydrogen-bond donors (Lipinski definition) is 2. The largest absolute Gasteiger partial charge is 0.439 e. The van der Waals surface area contributed by atoms with Gasteiger partial charge in [-0.05, 0) is 62.4 Å². The van der Waals surface area contributed by atoms with Crippen LogP contribution in [0, 0.1) is 13.8 Å². The van der Waals surface area contributed by atoms with Crippen molar-refractivity contribution >= 4 is 17.4 Å². The van der Waals surface area contributed by atoms with E-state index in [-0.39, 0.29) is 17.6 Å². The van der Waals surface area contributed by atoms with Crippen LogP contribution in [-0.4, -0.2) is 25.8 Å². The lowest BCUT2D eigenvalue weighted by atomic mass is 10.1. The molecule has 0 aliphatic heterocycles. The van der Waals surface area contributed by atoms with Crippen molar-refractivity contribution in [2.45, 2.75) is 26.2 Å². The third kappa shape index (κ3) is 6.38. The smallest absolute Gasteiger partial charge is 0.416 e. The van der Waals surface area contributed by atoms with Gasteiger partial charge in [-0.2, -0.15) is 31.4 Å². The highest BCUT2D eigenvalue weighted by Gasteiger charge is 2.37. The van der Waals surface area contributed by atoms with Crippen molar-refractivity contribution in [1.82, 2.24) is 19.7 Å². The van der Waals surface area contributed by atoms with Crippen molar-refractivity contribution < 1.29 is 35.9 Å². The van der Waals surface area contributed by atoms with E-state index in [1.807, 2.05) is 25.2 Å². The summed E-state index contributed by atoms with van der Waals surface area (Å²) < 4.78 is 85.5. The molecule has 4 rings (SSSR count). The molecule has 0 radical (unpaired) electrons. The van der Waals surface area contributed by atoms with Gasteiger partial charge >= 0.3 is 18.4 Å². The van der Waals surface area contributed by atoms with E-state index in [0.717, 1.165) is 11.4 Å². The molecule has 0 atom stereocenters. The van der Waals surface area contributed by atoms with Gasteiger partial charge in [0.15, 0.2) is 5.82 Å². The summed E-state index contributed by atoms with van der Waals surface area (Å²) in [5.41, 5.74) is -1.90. The van der Waals surface area contributed by atoms with Gasteiger partial charge in [-0.3, -0.25) is 0 Å². The summed E-state index contributed by atoms with van der Waals surface area (Å²) in [6.45, 7) is 3.71. The molecular formula is C24H18F6N6O2. The topological polar surface area (TPSA) is 94.0 Å². The number of nitrogens with one attached hydrogen (secondary N) is 2. The van der Waals surface area contributed by atoms with Gasteiger partial charge < -0.3 is 15.4 Å². The van der Waals surface area contributed by atoms with Crippen LogP contribution in [0.15, 0.2) is 60.9 Å². The second-order valence-corrected chi connectivity index (χ2v) is 8.05. The summed E-state index contributed by atoms with van der Waals surface area (Å²) in [5, 5.41) is 8.67. The summed E-state index contributed by atoms with van der Waals surface area (Å²) in [4.78, 5) is 20.5. The normalized spacial score (nSPS) is 11.8. The van der Waals surface area contributed by atoms with E-state index < -0.39 is 35.2 Å². The first-order valence-corrected chi connectivity index (χ1v) is 10.8. The lowest BCUT2D eigenvalue weighted by Crippen LogP contribution is -2.20. The van der Waals surface area contributed by atoms with Crippen molar-refractivity contribution in [2.75, 3.05) is 10.6 Å². The molecule has 4 aromatic rings. The van der Waals surface area contributed by atoms with E-state index in [1.165, 1.54) is 30.6 Å². The highest BCUT2D eigenvalue weighted by molar-refractivity contribution is 5.99. The highest BCUT2D eigenvalue weighted by atomic mass is 19.4. The minimum absolute atomic E-state index is 0.0281. The van der Waals surface area contributed by atoms with E-state index in [9.17, 15) is 31.1 Å². The van der Waals surface area contributed by atoms with Crippen molar-refractivity contribution in [3.05, 3.63) is 83.4 Å². The van der Waals surface area contributed by atoms with E-state index in [1.54, 1.807) is 10.7 Å². The third-order valence-electron chi connectivity index (χ3n) is 5.03. The third-order valence-corrected chi connectivity index (χ3v) is 5.03. The van der Waals surface area contributed by atoms with Gasteiger partial charge in [-0.1, -0.05) is 0 Å². The lowest BCUT2D eigenvalue weighted by Gasteiger charge is -2.15. The number of carbonyl (C=O) groups excluding carboxylic acids is 1. The van der Waals surface area contributed by atoms with Gasteiger partial charge in [0, 0.05) is 23.1 Å². The molecule has 0 aliphatic rings. The number of ether oxygens (including phenoxy) is 1. The highest BCUT2D eigenvalue weighted by Crippen LogP contribution is 2.37. The Morgan fingerprint density at radius 3 is 1.97 bits per heavy atom. The van der Waals surface area contributed by atoms with Gasteiger partial charge in [0.05, 0.1) is 16.8 Å². The van der Waals surface area contributed by atoms with Crippen LogP contribution in [0.25, 0.3) is 5.82 Å². The minimum Gasteiger partial charge on any atom is -0.439 e. The zero-order valence-electron chi connectivity index (χ0n) is 19.6. The first-order valence-electron chi connectivity index (χ1n) is 10.8. The average Bonchev–Trinajstić information content (AvgIpc) is 3.17. The number of nitrogens with zero attached hydrogens (tertiary/aromatic N) is 4. The Morgan fingerprint density at radius 2 is 1.42 bits per heavy atom. The monoisotopic (exact) mass is 536 g/mol. The molecule has 2 amide bonds. The Morgan fingerprint density at radius 1 is 0.816 bits per heavy atom. The molecule has 38 heavy (non-hydrogen) atoms. The molecular weight excluding hydrogens is 518 g/mol. The molecule has 2 aromatic carbocycles. The number of halogens is 6. The van der Waals surface area contributed by atoms with Crippen LogP contribution in [0.1, 0.15) is 22.5 Å². The van der Waals surface area contributed by atoms with E-state index in [4.69, 9.17) is 4.74 Å².